The molecule has 0 unspecified atom stereocenters. The summed E-state index contributed by atoms with van der Waals surface area (Å²) in [5.41, 5.74) is 7.29. The lowest BCUT2D eigenvalue weighted by Gasteiger charge is -2.45. The summed E-state index contributed by atoms with van der Waals surface area (Å²) < 4.78 is 40.8. The van der Waals surface area contributed by atoms with Crippen LogP contribution in [0.5, 0.6) is 5.75 Å². The minimum Gasteiger partial charge on any atom is -0.508 e. The predicted molar refractivity (Wildman–Crippen MR) is 126 cm³/mol. The zero-order valence-corrected chi connectivity index (χ0v) is 18.5. The predicted octanol–water partition coefficient (Wildman–Crippen LogP) is 5.86. The normalized spacial score (nSPS) is 25.1. The highest BCUT2D eigenvalue weighted by Gasteiger charge is 2.43. The summed E-state index contributed by atoms with van der Waals surface area (Å²) in [4.78, 5) is 0. The number of phenols is 1. The lowest BCUT2D eigenvalue weighted by Crippen LogP contribution is -2.44. The molecular formula is C26H25F3N4O. The number of benzene rings is 2. The number of aromatic nitrogens is 1. The molecule has 2 aromatic carbocycles. The summed E-state index contributed by atoms with van der Waals surface area (Å²) in [6, 6.07) is 10.9. The van der Waals surface area contributed by atoms with Crippen molar-refractivity contribution in [2.75, 3.05) is 12.0 Å². The molecule has 1 aliphatic carbocycles. The van der Waals surface area contributed by atoms with Crippen LogP contribution in [0.25, 0.3) is 10.9 Å². The number of alkyl halides is 3. The molecule has 34 heavy (non-hydrogen) atoms. The Balaban J connectivity index is 1.31. The molecule has 0 amide bonds. The van der Waals surface area contributed by atoms with E-state index < -0.39 is 11.7 Å². The molecule has 8 heteroatoms. The van der Waals surface area contributed by atoms with E-state index in [-0.39, 0.29) is 5.54 Å². The molecule has 2 atom stereocenters. The highest BCUT2D eigenvalue weighted by molar-refractivity contribution is 5.97. The van der Waals surface area contributed by atoms with Gasteiger partial charge in [-0.2, -0.15) is 18.3 Å². The van der Waals surface area contributed by atoms with Crippen LogP contribution >= 0.6 is 0 Å². The van der Waals surface area contributed by atoms with Crippen molar-refractivity contribution in [2.24, 2.45) is 5.10 Å². The average Bonchev–Trinajstić information content (AvgIpc) is 3.17. The molecule has 1 spiro atoms. The Kier molecular flexibility index (Phi) is 4.78. The molecule has 5 nitrogen and oxygen atoms in total. The zero-order valence-electron chi connectivity index (χ0n) is 18.5. The number of nitrogens with one attached hydrogen (secondary N) is 2. The molecule has 0 saturated carbocycles. The van der Waals surface area contributed by atoms with E-state index >= 15 is 0 Å². The third-order valence-corrected chi connectivity index (χ3v) is 7.44. The number of anilines is 1. The number of rotatable bonds is 2. The second-order valence-electron chi connectivity index (χ2n) is 9.42. The van der Waals surface area contributed by atoms with Crippen molar-refractivity contribution in [3.05, 3.63) is 71.4 Å². The molecule has 176 valence electrons. The van der Waals surface area contributed by atoms with Gasteiger partial charge in [-0.1, -0.05) is 6.08 Å². The van der Waals surface area contributed by atoms with Gasteiger partial charge in [0.2, 0.25) is 0 Å². The van der Waals surface area contributed by atoms with Gasteiger partial charge in [-0.05, 0) is 92.8 Å². The van der Waals surface area contributed by atoms with E-state index in [9.17, 15) is 18.3 Å². The summed E-state index contributed by atoms with van der Waals surface area (Å²) in [6.07, 6.45) is 4.59. The number of fused-ring (bicyclic) bond motifs is 4. The highest BCUT2D eigenvalue weighted by Crippen LogP contribution is 2.49. The standard InChI is InChI=1S/C26H25F3N4O/c27-26(28,29)16-1-3-17(4-2-16)31-32-18-7-11-25(12-8-18)13-9-22-24-20(10-14-30-22)21-15-19(34)5-6-23(21)33(24)25/h1-7,11,15,22,30-31,34H,8-10,12-14H2/b32-18+/t22-,25+/m0/s1. The van der Waals surface area contributed by atoms with Crippen molar-refractivity contribution in [2.45, 2.75) is 49.9 Å². The van der Waals surface area contributed by atoms with E-state index in [0.29, 0.717) is 17.5 Å². The molecule has 0 radical (unpaired) electrons. The van der Waals surface area contributed by atoms with Crippen molar-refractivity contribution >= 4 is 22.3 Å². The molecule has 3 N–H and O–H groups in total. The minimum absolute atomic E-state index is 0.147. The maximum absolute atomic E-state index is 12.8. The summed E-state index contributed by atoms with van der Waals surface area (Å²) >= 11 is 0. The zero-order chi connectivity index (χ0) is 23.5. The number of aromatic hydroxyl groups is 1. The van der Waals surface area contributed by atoms with Crippen LogP contribution in [0, 0.1) is 0 Å². The third-order valence-electron chi connectivity index (χ3n) is 7.44. The number of hydrogen-bond donors (Lipinski definition) is 3. The molecule has 0 saturated heterocycles. The SMILES string of the molecule is Oc1ccc2c(c1)c1c3n2[C@@]2(C=C/C(=N\Nc4ccc(C(F)(F)F)cc4)CC2)CC[C@@H]3NCC1. The van der Waals surface area contributed by atoms with Gasteiger partial charge < -0.3 is 15.0 Å². The molecule has 3 aliphatic rings. The van der Waals surface area contributed by atoms with E-state index in [4.69, 9.17) is 0 Å². The number of hydrogen-bond acceptors (Lipinski definition) is 4. The van der Waals surface area contributed by atoms with E-state index in [0.717, 1.165) is 67.4 Å². The summed E-state index contributed by atoms with van der Waals surface area (Å²) in [7, 11) is 0. The second kappa shape index (κ2) is 7.63. The van der Waals surface area contributed by atoms with Crippen molar-refractivity contribution in [1.29, 1.82) is 0 Å². The van der Waals surface area contributed by atoms with Crippen LogP contribution in [0.4, 0.5) is 18.9 Å². The maximum Gasteiger partial charge on any atom is 0.416 e. The van der Waals surface area contributed by atoms with Gasteiger partial charge >= 0.3 is 6.18 Å². The molecule has 1 aromatic heterocycles. The third kappa shape index (κ3) is 3.39. The molecular weight excluding hydrogens is 441 g/mol. The van der Waals surface area contributed by atoms with Crippen molar-refractivity contribution in [3.8, 4) is 5.75 Å². The van der Waals surface area contributed by atoms with Gasteiger partial charge in [0.25, 0.3) is 0 Å². The number of allylic oxidation sites excluding steroid dienone is 2. The molecule has 3 aromatic rings. The Labute approximate surface area is 195 Å². The van der Waals surface area contributed by atoms with Crippen LogP contribution in [0.3, 0.4) is 0 Å². The average molecular weight is 467 g/mol. The van der Waals surface area contributed by atoms with Gasteiger partial charge in [0.15, 0.2) is 0 Å². The van der Waals surface area contributed by atoms with Gasteiger partial charge in [0, 0.05) is 22.6 Å². The van der Waals surface area contributed by atoms with Crippen LogP contribution in [0.1, 0.15) is 48.5 Å². The fourth-order valence-corrected chi connectivity index (χ4v) is 5.81. The van der Waals surface area contributed by atoms with Gasteiger partial charge in [-0.25, -0.2) is 0 Å². The van der Waals surface area contributed by atoms with Crippen LogP contribution in [-0.4, -0.2) is 21.9 Å². The highest BCUT2D eigenvalue weighted by atomic mass is 19.4. The monoisotopic (exact) mass is 466 g/mol. The topological polar surface area (TPSA) is 61.6 Å². The van der Waals surface area contributed by atoms with E-state index in [1.165, 1.54) is 23.4 Å². The van der Waals surface area contributed by atoms with Gasteiger partial charge in [0.05, 0.1) is 22.5 Å². The Morgan fingerprint density at radius 2 is 1.91 bits per heavy atom. The quantitative estimate of drug-likeness (QED) is 0.415. The summed E-state index contributed by atoms with van der Waals surface area (Å²) in [5, 5.41) is 19.4. The summed E-state index contributed by atoms with van der Waals surface area (Å²) in [6.45, 7) is 0.946. The smallest absolute Gasteiger partial charge is 0.416 e. The minimum atomic E-state index is -4.35. The number of halogens is 3. The fraction of sp³-hybridized carbons (Fsp3) is 0.346. The Bertz CT molecular complexity index is 1320. The first-order chi connectivity index (χ1) is 16.3. The molecule has 2 aliphatic heterocycles. The first-order valence-corrected chi connectivity index (χ1v) is 11.6. The van der Waals surface area contributed by atoms with E-state index in [1.54, 1.807) is 6.07 Å². The van der Waals surface area contributed by atoms with E-state index in [1.807, 2.05) is 18.2 Å². The fourth-order valence-electron chi connectivity index (χ4n) is 5.81. The van der Waals surface area contributed by atoms with Gasteiger partial charge in [-0.3, -0.25) is 5.43 Å². The molecule has 3 heterocycles. The van der Waals surface area contributed by atoms with Crippen LogP contribution in [0.15, 0.2) is 59.7 Å². The number of hydrazone groups is 1. The molecule has 6 rings (SSSR count). The first kappa shape index (κ1) is 21.3. The lowest BCUT2D eigenvalue weighted by molar-refractivity contribution is -0.137. The number of nitrogens with zero attached hydrogens (tertiary/aromatic N) is 2. The lowest BCUT2D eigenvalue weighted by atomic mass is 9.77. The van der Waals surface area contributed by atoms with Gasteiger partial charge in [-0.15, -0.1) is 0 Å². The van der Waals surface area contributed by atoms with Gasteiger partial charge in [0.1, 0.15) is 5.75 Å². The largest absolute Gasteiger partial charge is 0.508 e. The van der Waals surface area contributed by atoms with Crippen molar-refractivity contribution < 1.29 is 18.3 Å². The Hall–Kier alpha value is -3.26. The van der Waals surface area contributed by atoms with Crippen LogP contribution in [-0.2, 0) is 18.1 Å². The van der Waals surface area contributed by atoms with E-state index in [2.05, 4.69) is 26.5 Å². The second-order valence-corrected chi connectivity index (χ2v) is 9.42. The van der Waals surface area contributed by atoms with Crippen LogP contribution in [0.2, 0.25) is 0 Å². The van der Waals surface area contributed by atoms with Crippen molar-refractivity contribution in [1.82, 2.24) is 9.88 Å². The maximum atomic E-state index is 12.8. The molecule has 0 bridgehead atoms. The first-order valence-electron chi connectivity index (χ1n) is 11.6. The van der Waals surface area contributed by atoms with Crippen molar-refractivity contribution in [3.63, 3.8) is 0 Å². The molecule has 0 fully saturated rings. The Morgan fingerprint density at radius 1 is 1.09 bits per heavy atom. The number of phenolic OH excluding ortho intramolecular Hbond substituents is 1. The Morgan fingerprint density at radius 3 is 2.65 bits per heavy atom. The van der Waals surface area contributed by atoms with Crippen LogP contribution < -0.4 is 10.7 Å². The summed E-state index contributed by atoms with van der Waals surface area (Å²) in [5.74, 6) is 0.291.